The summed E-state index contributed by atoms with van der Waals surface area (Å²) in [5.74, 6) is -0.727. The molecule has 2 aromatic carbocycles. The van der Waals surface area contributed by atoms with Gasteiger partial charge in [0.15, 0.2) is 0 Å². The van der Waals surface area contributed by atoms with Crippen molar-refractivity contribution in [3.63, 3.8) is 0 Å². The molecule has 1 N–H and O–H groups in total. The molecule has 0 aliphatic carbocycles. The van der Waals surface area contributed by atoms with E-state index in [1.165, 1.54) is 11.0 Å². The normalized spacial score (nSPS) is 12.2. The lowest BCUT2D eigenvalue weighted by molar-refractivity contribution is -0.140. The van der Waals surface area contributed by atoms with Crippen molar-refractivity contribution in [2.45, 2.75) is 46.2 Å². The molecule has 0 saturated carbocycles. The Morgan fingerprint density at radius 2 is 1.79 bits per heavy atom. The van der Waals surface area contributed by atoms with Gasteiger partial charge in [-0.25, -0.2) is 8.42 Å². The number of benzene rings is 2. The predicted molar refractivity (Wildman–Crippen MR) is 133 cm³/mol. The van der Waals surface area contributed by atoms with Gasteiger partial charge in [0.25, 0.3) is 0 Å². The lowest BCUT2D eigenvalue weighted by Gasteiger charge is -2.33. The molecule has 1 unspecified atom stereocenters. The number of carbonyl (C=O) groups is 2. The Kier molecular flexibility index (Phi) is 9.73. The number of hydrogen-bond donors (Lipinski definition) is 1. The van der Waals surface area contributed by atoms with Crippen LogP contribution < -0.4 is 9.62 Å². The molecule has 0 radical (unpaired) electrons. The molecule has 180 valence electrons. The molecule has 0 aromatic heterocycles. The number of aryl methyl sites for hydroxylation is 1. The molecule has 0 saturated heterocycles. The average molecular weight is 494 g/mol. The maximum absolute atomic E-state index is 13.5. The lowest BCUT2D eigenvalue weighted by Crippen LogP contribution is -2.52. The van der Waals surface area contributed by atoms with E-state index in [-0.39, 0.29) is 18.1 Å². The van der Waals surface area contributed by atoms with E-state index in [1.54, 1.807) is 18.2 Å². The lowest BCUT2D eigenvalue weighted by atomic mass is 10.1. The molecule has 1 atom stereocenters. The molecule has 33 heavy (non-hydrogen) atoms. The fraction of sp³-hybridized carbons (Fsp3) is 0.417. The van der Waals surface area contributed by atoms with Gasteiger partial charge in [0.05, 0.1) is 11.9 Å². The number of amides is 2. The van der Waals surface area contributed by atoms with Crippen LogP contribution in [0.15, 0.2) is 48.5 Å². The van der Waals surface area contributed by atoms with Gasteiger partial charge in [-0.2, -0.15) is 0 Å². The quantitative estimate of drug-likeness (QED) is 0.516. The van der Waals surface area contributed by atoms with E-state index in [2.05, 4.69) is 5.32 Å². The molecule has 2 aromatic rings. The summed E-state index contributed by atoms with van der Waals surface area (Å²) in [5.41, 5.74) is 2.18. The summed E-state index contributed by atoms with van der Waals surface area (Å²) in [5, 5.41) is 3.21. The zero-order valence-corrected chi connectivity index (χ0v) is 21.1. The van der Waals surface area contributed by atoms with Crippen molar-refractivity contribution >= 4 is 39.1 Å². The van der Waals surface area contributed by atoms with E-state index in [0.717, 1.165) is 28.1 Å². The molecule has 0 bridgehead atoms. The fourth-order valence-corrected chi connectivity index (χ4v) is 4.56. The molecule has 7 nitrogen and oxygen atoms in total. The largest absolute Gasteiger partial charge is 0.354 e. The first-order valence-corrected chi connectivity index (χ1v) is 13.2. The van der Waals surface area contributed by atoms with Gasteiger partial charge in [-0.1, -0.05) is 61.3 Å². The summed E-state index contributed by atoms with van der Waals surface area (Å²) in [6.07, 6.45) is 2.20. The second-order valence-electron chi connectivity index (χ2n) is 7.98. The van der Waals surface area contributed by atoms with Crippen LogP contribution in [0.5, 0.6) is 0 Å². The standard InChI is InChI=1S/C24H32ClN3O4S/c1-5-13-26-24(30)22(6-2)27(16-19-10-7-9-18(3)14-19)23(29)17-28(33(4,31)32)21-12-8-11-20(25)15-21/h7-12,14-15,22H,5-6,13,16-17H2,1-4H3,(H,26,30). The Bertz CT molecular complexity index is 1070. The number of nitrogens with zero attached hydrogens (tertiary/aromatic N) is 2. The van der Waals surface area contributed by atoms with E-state index < -0.39 is 28.5 Å². The van der Waals surface area contributed by atoms with Crippen LogP contribution in [0.3, 0.4) is 0 Å². The maximum Gasteiger partial charge on any atom is 0.244 e. The van der Waals surface area contributed by atoms with Crippen LogP contribution in [0.4, 0.5) is 5.69 Å². The number of anilines is 1. The van der Waals surface area contributed by atoms with Gasteiger partial charge in [-0.15, -0.1) is 0 Å². The molecule has 0 aliphatic rings. The predicted octanol–water partition coefficient (Wildman–Crippen LogP) is 3.75. The van der Waals surface area contributed by atoms with Gasteiger partial charge in [0, 0.05) is 18.1 Å². The summed E-state index contributed by atoms with van der Waals surface area (Å²) in [6.45, 7) is 5.98. The Balaban J connectivity index is 2.42. The topological polar surface area (TPSA) is 86.8 Å². The summed E-state index contributed by atoms with van der Waals surface area (Å²) in [4.78, 5) is 27.9. The second-order valence-corrected chi connectivity index (χ2v) is 10.3. The molecular formula is C24H32ClN3O4S. The van der Waals surface area contributed by atoms with Gasteiger partial charge in [0.2, 0.25) is 21.8 Å². The highest BCUT2D eigenvalue weighted by Gasteiger charge is 2.31. The molecule has 0 heterocycles. The molecular weight excluding hydrogens is 462 g/mol. The van der Waals surface area contributed by atoms with Gasteiger partial charge >= 0.3 is 0 Å². The van der Waals surface area contributed by atoms with Crippen molar-refractivity contribution in [3.05, 3.63) is 64.7 Å². The highest BCUT2D eigenvalue weighted by Crippen LogP contribution is 2.23. The minimum Gasteiger partial charge on any atom is -0.354 e. The SMILES string of the molecule is CCCNC(=O)C(CC)N(Cc1cccc(C)c1)C(=O)CN(c1cccc(Cl)c1)S(C)(=O)=O. The monoisotopic (exact) mass is 493 g/mol. The van der Waals surface area contributed by atoms with E-state index in [9.17, 15) is 18.0 Å². The van der Waals surface area contributed by atoms with Gasteiger partial charge in [0.1, 0.15) is 12.6 Å². The third-order valence-corrected chi connectivity index (χ3v) is 6.52. The summed E-state index contributed by atoms with van der Waals surface area (Å²) >= 11 is 6.05. The first kappa shape index (κ1) is 26.7. The Morgan fingerprint density at radius 3 is 2.36 bits per heavy atom. The van der Waals surface area contributed by atoms with E-state index in [1.807, 2.05) is 45.0 Å². The zero-order valence-electron chi connectivity index (χ0n) is 19.5. The van der Waals surface area contributed by atoms with E-state index in [0.29, 0.717) is 18.0 Å². The number of hydrogen-bond acceptors (Lipinski definition) is 4. The van der Waals surface area contributed by atoms with E-state index in [4.69, 9.17) is 11.6 Å². The highest BCUT2D eigenvalue weighted by atomic mass is 35.5. The first-order chi connectivity index (χ1) is 15.6. The van der Waals surface area contributed by atoms with Crippen molar-refractivity contribution in [2.24, 2.45) is 0 Å². The van der Waals surface area contributed by atoms with Crippen LogP contribution >= 0.6 is 11.6 Å². The number of sulfonamides is 1. The summed E-state index contributed by atoms with van der Waals surface area (Å²) in [7, 11) is -3.78. The molecule has 0 spiro atoms. The van der Waals surface area contributed by atoms with Crippen LogP contribution in [-0.4, -0.2) is 50.5 Å². The number of halogens is 1. The second kappa shape index (κ2) is 12.0. The minimum absolute atomic E-state index is 0.186. The third kappa shape index (κ3) is 7.75. The van der Waals surface area contributed by atoms with Gasteiger partial charge < -0.3 is 10.2 Å². The van der Waals surface area contributed by atoms with Crippen molar-refractivity contribution < 1.29 is 18.0 Å². The molecule has 0 aliphatic heterocycles. The summed E-state index contributed by atoms with van der Waals surface area (Å²) in [6, 6.07) is 13.3. The van der Waals surface area contributed by atoms with Crippen LogP contribution in [-0.2, 0) is 26.2 Å². The number of nitrogens with one attached hydrogen (secondary N) is 1. The van der Waals surface area contributed by atoms with Crippen LogP contribution in [0.2, 0.25) is 5.02 Å². The fourth-order valence-electron chi connectivity index (χ4n) is 3.54. The number of carbonyl (C=O) groups excluding carboxylic acids is 2. The third-order valence-electron chi connectivity index (χ3n) is 5.15. The van der Waals surface area contributed by atoms with E-state index >= 15 is 0 Å². The Hall–Kier alpha value is -2.58. The molecule has 9 heteroatoms. The first-order valence-electron chi connectivity index (χ1n) is 10.9. The van der Waals surface area contributed by atoms with Crippen molar-refractivity contribution in [2.75, 3.05) is 23.7 Å². The van der Waals surface area contributed by atoms with Crippen LogP contribution in [0.1, 0.15) is 37.8 Å². The smallest absolute Gasteiger partial charge is 0.244 e. The van der Waals surface area contributed by atoms with Gasteiger partial charge in [-0.3, -0.25) is 13.9 Å². The maximum atomic E-state index is 13.5. The Labute approximate surface area is 201 Å². The van der Waals surface area contributed by atoms with Crippen LogP contribution in [0.25, 0.3) is 0 Å². The van der Waals surface area contributed by atoms with Gasteiger partial charge in [-0.05, 0) is 43.5 Å². The molecule has 0 fully saturated rings. The van der Waals surface area contributed by atoms with Crippen molar-refractivity contribution in [1.82, 2.24) is 10.2 Å². The van der Waals surface area contributed by atoms with Crippen LogP contribution in [0, 0.1) is 6.92 Å². The molecule has 2 rings (SSSR count). The zero-order chi connectivity index (χ0) is 24.6. The number of rotatable bonds is 11. The molecule has 2 amide bonds. The highest BCUT2D eigenvalue weighted by molar-refractivity contribution is 7.92. The minimum atomic E-state index is -3.78. The average Bonchev–Trinajstić information content (AvgIpc) is 2.74. The summed E-state index contributed by atoms with van der Waals surface area (Å²) < 4.78 is 26.1. The van der Waals surface area contributed by atoms with Crippen molar-refractivity contribution in [1.29, 1.82) is 0 Å². The van der Waals surface area contributed by atoms with Crippen molar-refractivity contribution in [3.8, 4) is 0 Å². The Morgan fingerprint density at radius 1 is 1.09 bits per heavy atom.